The van der Waals surface area contributed by atoms with E-state index in [1.165, 1.54) is 56.6 Å². The van der Waals surface area contributed by atoms with Gasteiger partial charge in [-0.25, -0.2) is 4.39 Å². The fourth-order valence-electron chi connectivity index (χ4n) is 3.97. The number of rotatable bonds is 6. The van der Waals surface area contributed by atoms with Crippen molar-refractivity contribution in [3.05, 3.63) is 89.2 Å². The molecule has 1 N–H and O–H groups in total. The number of hydrogen-bond acceptors (Lipinski definition) is 6. The Morgan fingerprint density at radius 1 is 0.882 bits per heavy atom. The van der Waals surface area contributed by atoms with Crippen LogP contribution in [0.25, 0.3) is 5.76 Å². The molecule has 0 aromatic heterocycles. The third-order valence-corrected chi connectivity index (χ3v) is 5.62. The van der Waals surface area contributed by atoms with E-state index in [1.54, 1.807) is 36.4 Å². The van der Waals surface area contributed by atoms with Gasteiger partial charge in [-0.15, -0.1) is 0 Å². The van der Waals surface area contributed by atoms with Crippen LogP contribution < -0.4 is 19.1 Å². The molecule has 1 aliphatic heterocycles. The van der Waals surface area contributed by atoms with Crippen LogP contribution in [0.4, 0.5) is 10.1 Å². The Morgan fingerprint density at radius 2 is 1.59 bits per heavy atom. The van der Waals surface area contributed by atoms with Crippen molar-refractivity contribution in [3.8, 4) is 17.2 Å². The molecule has 0 spiro atoms. The van der Waals surface area contributed by atoms with Crippen LogP contribution in [-0.4, -0.2) is 38.1 Å². The van der Waals surface area contributed by atoms with E-state index in [9.17, 15) is 19.1 Å². The highest BCUT2D eigenvalue weighted by Gasteiger charge is 2.47. The Hall–Kier alpha value is -4.33. The lowest BCUT2D eigenvalue weighted by atomic mass is 9.95. The first-order valence-electron chi connectivity index (χ1n) is 10.3. The maximum Gasteiger partial charge on any atom is 0.300 e. The van der Waals surface area contributed by atoms with Crippen molar-refractivity contribution in [2.45, 2.75) is 6.04 Å². The molecule has 34 heavy (non-hydrogen) atoms. The number of methoxy groups -OCH3 is 3. The third-order valence-electron chi connectivity index (χ3n) is 5.62. The molecule has 0 bridgehead atoms. The summed E-state index contributed by atoms with van der Waals surface area (Å²) in [6.07, 6.45) is 0. The summed E-state index contributed by atoms with van der Waals surface area (Å²) in [5.74, 6) is -1.29. The van der Waals surface area contributed by atoms with E-state index in [2.05, 4.69) is 0 Å². The average Bonchev–Trinajstić information content (AvgIpc) is 3.14. The van der Waals surface area contributed by atoms with Gasteiger partial charge in [-0.3, -0.25) is 14.5 Å². The van der Waals surface area contributed by atoms with Crippen molar-refractivity contribution in [1.29, 1.82) is 0 Å². The molecule has 1 unspecified atom stereocenters. The summed E-state index contributed by atoms with van der Waals surface area (Å²) in [6, 6.07) is 15.7. The highest BCUT2D eigenvalue weighted by atomic mass is 19.1. The number of ketones is 1. The van der Waals surface area contributed by atoms with Gasteiger partial charge in [0.1, 0.15) is 17.3 Å². The van der Waals surface area contributed by atoms with E-state index in [0.717, 1.165) is 0 Å². The van der Waals surface area contributed by atoms with Gasteiger partial charge in [-0.2, -0.15) is 0 Å². The van der Waals surface area contributed by atoms with Gasteiger partial charge in [0.25, 0.3) is 11.7 Å². The number of aliphatic hydroxyl groups excluding tert-OH is 1. The molecule has 0 saturated carbocycles. The SMILES string of the molecule is COc1cccc(C2/C(=C(/O)c3ccc(OC)c(OC)c3)C(=O)C(=O)N2c2ccc(F)cc2)c1. The summed E-state index contributed by atoms with van der Waals surface area (Å²) in [4.78, 5) is 27.6. The lowest BCUT2D eigenvalue weighted by Gasteiger charge is -2.25. The van der Waals surface area contributed by atoms with E-state index in [1.807, 2.05) is 0 Å². The van der Waals surface area contributed by atoms with Crippen LogP contribution in [0, 0.1) is 5.82 Å². The van der Waals surface area contributed by atoms with Crippen LogP contribution in [-0.2, 0) is 9.59 Å². The summed E-state index contributed by atoms with van der Waals surface area (Å²) >= 11 is 0. The lowest BCUT2D eigenvalue weighted by molar-refractivity contribution is -0.132. The minimum atomic E-state index is -0.978. The number of aliphatic hydroxyl groups is 1. The Morgan fingerprint density at radius 3 is 2.24 bits per heavy atom. The molecule has 174 valence electrons. The molecular weight excluding hydrogens is 441 g/mol. The van der Waals surface area contributed by atoms with Gasteiger partial charge >= 0.3 is 0 Å². The van der Waals surface area contributed by atoms with Gasteiger partial charge in [-0.05, 0) is 60.2 Å². The molecule has 1 fully saturated rings. The standard InChI is InChI=1S/C26H22FNO6/c1-32-19-6-4-5-15(13-19)23-22(24(29)16-7-12-20(33-2)21(14-16)34-3)25(30)26(31)28(23)18-10-8-17(27)9-11-18/h4-14,23,29H,1-3H3/b24-22-. The van der Waals surface area contributed by atoms with E-state index >= 15 is 0 Å². The van der Waals surface area contributed by atoms with Crippen molar-refractivity contribution in [1.82, 2.24) is 0 Å². The number of Topliss-reactive ketones (excluding diaryl/α,β-unsaturated/α-hetero) is 1. The number of halogens is 1. The summed E-state index contributed by atoms with van der Waals surface area (Å²) in [7, 11) is 4.43. The van der Waals surface area contributed by atoms with Gasteiger partial charge < -0.3 is 19.3 Å². The van der Waals surface area contributed by atoms with E-state index in [-0.39, 0.29) is 16.9 Å². The number of carbonyl (C=O) groups excluding carboxylic acids is 2. The molecule has 0 aliphatic carbocycles. The van der Waals surface area contributed by atoms with Crippen LogP contribution in [0.5, 0.6) is 17.2 Å². The van der Waals surface area contributed by atoms with Crippen molar-refractivity contribution >= 4 is 23.1 Å². The summed E-state index contributed by atoms with van der Waals surface area (Å²) < 4.78 is 29.4. The number of carbonyl (C=O) groups is 2. The molecule has 4 rings (SSSR count). The highest BCUT2D eigenvalue weighted by Crippen LogP contribution is 2.43. The van der Waals surface area contributed by atoms with Gasteiger partial charge in [0, 0.05) is 11.3 Å². The van der Waals surface area contributed by atoms with E-state index < -0.39 is 23.5 Å². The Labute approximate surface area is 195 Å². The zero-order chi connectivity index (χ0) is 24.4. The molecule has 1 aliphatic rings. The Balaban J connectivity index is 1.95. The zero-order valence-electron chi connectivity index (χ0n) is 18.7. The van der Waals surface area contributed by atoms with Gasteiger partial charge in [-0.1, -0.05) is 12.1 Å². The van der Waals surface area contributed by atoms with E-state index in [4.69, 9.17) is 14.2 Å². The first-order valence-corrected chi connectivity index (χ1v) is 10.3. The quantitative estimate of drug-likeness (QED) is 0.330. The molecule has 1 amide bonds. The fourth-order valence-corrected chi connectivity index (χ4v) is 3.97. The Kier molecular flexibility index (Phi) is 6.23. The molecule has 0 radical (unpaired) electrons. The fraction of sp³-hybridized carbons (Fsp3) is 0.154. The molecule has 1 saturated heterocycles. The maximum absolute atomic E-state index is 13.6. The van der Waals surface area contributed by atoms with E-state index in [0.29, 0.717) is 28.5 Å². The number of amides is 1. The number of nitrogens with zero attached hydrogens (tertiary/aromatic N) is 1. The van der Waals surface area contributed by atoms with Crippen molar-refractivity contribution in [2.24, 2.45) is 0 Å². The van der Waals surface area contributed by atoms with Crippen LogP contribution in [0.3, 0.4) is 0 Å². The monoisotopic (exact) mass is 463 g/mol. The first-order chi connectivity index (χ1) is 16.4. The summed E-state index contributed by atoms with van der Waals surface area (Å²) in [6.45, 7) is 0. The molecular formula is C26H22FNO6. The predicted molar refractivity (Wildman–Crippen MR) is 124 cm³/mol. The predicted octanol–water partition coefficient (Wildman–Crippen LogP) is 4.48. The normalized spacial score (nSPS) is 17.1. The zero-order valence-corrected chi connectivity index (χ0v) is 18.7. The number of hydrogen-bond donors (Lipinski definition) is 1. The number of benzene rings is 3. The van der Waals surface area contributed by atoms with Crippen molar-refractivity contribution < 1.29 is 33.3 Å². The van der Waals surface area contributed by atoms with Crippen LogP contribution in [0.2, 0.25) is 0 Å². The third kappa shape index (κ3) is 3.94. The van der Waals surface area contributed by atoms with Crippen molar-refractivity contribution in [2.75, 3.05) is 26.2 Å². The first kappa shape index (κ1) is 22.8. The highest BCUT2D eigenvalue weighted by molar-refractivity contribution is 6.51. The minimum Gasteiger partial charge on any atom is -0.507 e. The second-order valence-corrected chi connectivity index (χ2v) is 7.49. The molecule has 3 aromatic carbocycles. The lowest BCUT2D eigenvalue weighted by Crippen LogP contribution is -2.29. The Bertz CT molecular complexity index is 1280. The van der Waals surface area contributed by atoms with Gasteiger partial charge in [0.2, 0.25) is 0 Å². The molecule has 1 atom stereocenters. The maximum atomic E-state index is 13.6. The topological polar surface area (TPSA) is 85.3 Å². The molecule has 1 heterocycles. The van der Waals surface area contributed by atoms with Crippen LogP contribution in [0.15, 0.2) is 72.3 Å². The largest absolute Gasteiger partial charge is 0.507 e. The second kappa shape index (κ2) is 9.27. The minimum absolute atomic E-state index is 0.116. The molecule has 8 heteroatoms. The van der Waals surface area contributed by atoms with Crippen LogP contribution in [0.1, 0.15) is 17.2 Å². The summed E-state index contributed by atoms with van der Waals surface area (Å²) in [5.41, 5.74) is 0.991. The van der Waals surface area contributed by atoms with Gasteiger partial charge in [0.15, 0.2) is 11.5 Å². The number of ether oxygens (including phenoxy) is 3. The molecule has 3 aromatic rings. The smallest absolute Gasteiger partial charge is 0.300 e. The second-order valence-electron chi connectivity index (χ2n) is 7.49. The van der Waals surface area contributed by atoms with Gasteiger partial charge in [0.05, 0.1) is 32.9 Å². The number of anilines is 1. The average molecular weight is 463 g/mol. The van der Waals surface area contributed by atoms with Crippen molar-refractivity contribution in [3.63, 3.8) is 0 Å². The van der Waals surface area contributed by atoms with Crippen LogP contribution >= 0.6 is 0 Å². The molecule has 7 nitrogen and oxygen atoms in total. The summed E-state index contributed by atoms with van der Waals surface area (Å²) in [5, 5.41) is 11.3.